The number of hydrogen-bond donors (Lipinski definition) is 0. The third-order valence-electron chi connectivity index (χ3n) is 1.43. The van der Waals surface area contributed by atoms with Gasteiger partial charge in [0.05, 0.1) is 7.11 Å². The highest BCUT2D eigenvalue weighted by molar-refractivity contribution is 5.33. The van der Waals surface area contributed by atoms with Gasteiger partial charge in [0.2, 0.25) is 0 Å². The Morgan fingerprint density at radius 1 is 1.58 bits per heavy atom. The highest BCUT2D eigenvalue weighted by Gasteiger charge is 2.11. The van der Waals surface area contributed by atoms with E-state index < -0.39 is 4.92 Å². The molecule has 5 heteroatoms. The van der Waals surface area contributed by atoms with E-state index in [4.69, 9.17) is 4.74 Å². The number of aryl methyl sites for hydroxylation is 1. The van der Waals surface area contributed by atoms with Gasteiger partial charge in [-0.3, -0.25) is 0 Å². The van der Waals surface area contributed by atoms with Gasteiger partial charge in [-0.15, -0.1) is 0 Å². The van der Waals surface area contributed by atoms with Crippen LogP contribution < -0.4 is 4.74 Å². The van der Waals surface area contributed by atoms with E-state index in [9.17, 15) is 10.1 Å². The van der Waals surface area contributed by atoms with Crippen LogP contribution in [-0.4, -0.2) is 17.0 Å². The summed E-state index contributed by atoms with van der Waals surface area (Å²) < 4.78 is 4.89. The van der Waals surface area contributed by atoms with Crippen molar-refractivity contribution in [3.63, 3.8) is 0 Å². The normalized spacial score (nSPS) is 9.50. The monoisotopic (exact) mass is 168 g/mol. The molecule has 64 valence electrons. The highest BCUT2D eigenvalue weighted by atomic mass is 16.6. The Bertz CT molecular complexity index is 312. The summed E-state index contributed by atoms with van der Waals surface area (Å²) >= 11 is 0. The number of nitrogens with zero attached hydrogens (tertiary/aromatic N) is 2. The molecule has 0 aliphatic heterocycles. The molecular weight excluding hydrogens is 160 g/mol. The SMILES string of the molecule is COc1ccc([N+](=O)[O-])nc1C. The van der Waals surface area contributed by atoms with E-state index in [1.165, 1.54) is 19.2 Å². The Labute approximate surface area is 69.1 Å². The van der Waals surface area contributed by atoms with Crippen LogP contribution in [0.2, 0.25) is 0 Å². The van der Waals surface area contributed by atoms with Gasteiger partial charge in [0.25, 0.3) is 0 Å². The minimum Gasteiger partial charge on any atom is -0.493 e. The molecule has 0 fully saturated rings. The first-order chi connectivity index (χ1) is 5.65. The van der Waals surface area contributed by atoms with E-state index in [1.54, 1.807) is 6.92 Å². The Morgan fingerprint density at radius 2 is 2.25 bits per heavy atom. The smallest absolute Gasteiger partial charge is 0.363 e. The number of pyridine rings is 1. The van der Waals surface area contributed by atoms with Gasteiger partial charge < -0.3 is 14.9 Å². The molecule has 1 aromatic heterocycles. The van der Waals surface area contributed by atoms with Crippen molar-refractivity contribution < 1.29 is 9.66 Å². The fourth-order valence-corrected chi connectivity index (χ4v) is 0.852. The minimum atomic E-state index is -0.535. The van der Waals surface area contributed by atoms with Crippen LogP contribution in [0.25, 0.3) is 0 Å². The van der Waals surface area contributed by atoms with Crippen molar-refractivity contribution in [1.82, 2.24) is 4.98 Å². The molecule has 12 heavy (non-hydrogen) atoms. The maximum atomic E-state index is 10.3. The number of nitro groups is 1. The second-order valence-corrected chi connectivity index (χ2v) is 2.21. The first-order valence-corrected chi connectivity index (χ1v) is 3.31. The van der Waals surface area contributed by atoms with Crippen molar-refractivity contribution in [3.8, 4) is 5.75 Å². The molecule has 0 saturated heterocycles. The fraction of sp³-hybridized carbons (Fsp3) is 0.286. The zero-order valence-corrected chi connectivity index (χ0v) is 6.77. The largest absolute Gasteiger partial charge is 0.493 e. The van der Waals surface area contributed by atoms with Gasteiger partial charge in [-0.2, -0.15) is 0 Å². The number of ether oxygens (including phenoxy) is 1. The predicted octanol–water partition coefficient (Wildman–Crippen LogP) is 1.31. The van der Waals surface area contributed by atoms with Gasteiger partial charge in [0.15, 0.2) is 11.4 Å². The van der Waals surface area contributed by atoms with Crippen LogP contribution in [0.3, 0.4) is 0 Å². The van der Waals surface area contributed by atoms with Crippen molar-refractivity contribution in [2.75, 3.05) is 7.11 Å². The van der Waals surface area contributed by atoms with Gasteiger partial charge in [-0.1, -0.05) is 0 Å². The molecule has 0 atom stereocenters. The van der Waals surface area contributed by atoms with Crippen molar-refractivity contribution in [2.45, 2.75) is 6.92 Å². The molecule has 0 aliphatic carbocycles. The lowest BCUT2D eigenvalue weighted by molar-refractivity contribution is -0.389. The Kier molecular flexibility index (Phi) is 2.23. The second-order valence-electron chi connectivity index (χ2n) is 2.21. The molecule has 0 N–H and O–H groups in total. The van der Waals surface area contributed by atoms with Gasteiger partial charge in [-0.25, -0.2) is 0 Å². The van der Waals surface area contributed by atoms with Crippen LogP contribution in [0.1, 0.15) is 5.69 Å². The van der Waals surface area contributed by atoms with E-state index >= 15 is 0 Å². The molecule has 5 nitrogen and oxygen atoms in total. The molecule has 1 heterocycles. The van der Waals surface area contributed by atoms with Crippen LogP contribution in [0.15, 0.2) is 12.1 Å². The standard InChI is InChI=1S/C7H8N2O3/c1-5-6(12-2)3-4-7(8-5)9(10)11/h3-4H,1-2H3. The van der Waals surface area contributed by atoms with Gasteiger partial charge in [0, 0.05) is 13.0 Å². The Hall–Kier alpha value is -1.65. The molecule has 0 amide bonds. The van der Waals surface area contributed by atoms with Gasteiger partial charge in [-0.05, 0) is 16.0 Å². The zero-order valence-electron chi connectivity index (χ0n) is 6.77. The summed E-state index contributed by atoms with van der Waals surface area (Å²) in [5.74, 6) is 0.397. The number of methoxy groups -OCH3 is 1. The van der Waals surface area contributed by atoms with Crippen LogP contribution in [0.5, 0.6) is 5.75 Å². The highest BCUT2D eigenvalue weighted by Crippen LogP contribution is 2.18. The second kappa shape index (κ2) is 3.17. The number of aromatic nitrogens is 1. The molecule has 0 saturated carbocycles. The predicted molar refractivity (Wildman–Crippen MR) is 42.2 cm³/mol. The summed E-state index contributed by atoms with van der Waals surface area (Å²) in [5.41, 5.74) is 0.520. The number of hydrogen-bond acceptors (Lipinski definition) is 4. The molecule has 0 bridgehead atoms. The zero-order chi connectivity index (χ0) is 9.14. The number of rotatable bonds is 2. The average molecular weight is 168 g/mol. The van der Waals surface area contributed by atoms with Crippen LogP contribution in [0, 0.1) is 17.0 Å². The van der Waals surface area contributed by atoms with Gasteiger partial charge >= 0.3 is 5.82 Å². The summed E-state index contributed by atoms with van der Waals surface area (Å²) in [7, 11) is 1.50. The summed E-state index contributed by atoms with van der Waals surface area (Å²) in [6.45, 7) is 1.66. The third kappa shape index (κ3) is 1.50. The molecule has 1 rings (SSSR count). The van der Waals surface area contributed by atoms with Crippen molar-refractivity contribution in [1.29, 1.82) is 0 Å². The first-order valence-electron chi connectivity index (χ1n) is 3.31. The summed E-state index contributed by atoms with van der Waals surface area (Å²) in [4.78, 5) is 13.4. The van der Waals surface area contributed by atoms with Crippen LogP contribution in [0.4, 0.5) is 5.82 Å². The molecule has 0 radical (unpaired) electrons. The lowest BCUT2D eigenvalue weighted by atomic mass is 10.3. The van der Waals surface area contributed by atoms with Crippen molar-refractivity contribution in [3.05, 3.63) is 27.9 Å². The van der Waals surface area contributed by atoms with E-state index in [2.05, 4.69) is 4.98 Å². The molecule has 1 aromatic rings. The quantitative estimate of drug-likeness (QED) is 0.493. The third-order valence-corrected chi connectivity index (χ3v) is 1.43. The van der Waals surface area contributed by atoms with Crippen molar-refractivity contribution >= 4 is 5.82 Å². The molecule has 0 aliphatic rings. The lowest BCUT2D eigenvalue weighted by Gasteiger charge is -1.98. The van der Waals surface area contributed by atoms with Crippen LogP contribution >= 0.6 is 0 Å². The van der Waals surface area contributed by atoms with Gasteiger partial charge in [0.1, 0.15) is 0 Å². The summed E-state index contributed by atoms with van der Waals surface area (Å²) in [6, 6.07) is 2.84. The molecular formula is C7H8N2O3. The van der Waals surface area contributed by atoms with E-state index in [-0.39, 0.29) is 5.82 Å². The van der Waals surface area contributed by atoms with E-state index in [0.29, 0.717) is 11.4 Å². The Balaban J connectivity index is 3.10. The van der Waals surface area contributed by atoms with Crippen molar-refractivity contribution in [2.24, 2.45) is 0 Å². The topological polar surface area (TPSA) is 65.3 Å². The van der Waals surface area contributed by atoms with E-state index in [0.717, 1.165) is 0 Å². The Morgan fingerprint density at radius 3 is 2.67 bits per heavy atom. The first kappa shape index (κ1) is 8.45. The average Bonchev–Trinajstić information content (AvgIpc) is 2.04. The van der Waals surface area contributed by atoms with E-state index in [1.807, 2.05) is 0 Å². The molecule has 0 spiro atoms. The molecule has 0 aromatic carbocycles. The summed E-state index contributed by atoms with van der Waals surface area (Å²) in [6.07, 6.45) is 0. The maximum absolute atomic E-state index is 10.3. The fourth-order valence-electron chi connectivity index (χ4n) is 0.852. The maximum Gasteiger partial charge on any atom is 0.363 e. The molecule has 0 unspecified atom stereocenters. The summed E-state index contributed by atoms with van der Waals surface area (Å²) in [5, 5.41) is 10.3. The minimum absolute atomic E-state index is 0.159. The lowest BCUT2D eigenvalue weighted by Crippen LogP contribution is -1.95. The van der Waals surface area contributed by atoms with Crippen LogP contribution in [-0.2, 0) is 0 Å².